The maximum Gasteiger partial charge on any atom is 0.241 e. The van der Waals surface area contributed by atoms with Gasteiger partial charge in [0.25, 0.3) is 0 Å². The molecule has 5 nitrogen and oxygen atoms in total. The lowest BCUT2D eigenvalue weighted by Crippen LogP contribution is -2.47. The number of benzene rings is 1. The topological polar surface area (TPSA) is 62.4 Å². The van der Waals surface area contributed by atoms with Crippen molar-refractivity contribution in [3.63, 3.8) is 0 Å². The summed E-state index contributed by atoms with van der Waals surface area (Å²) in [4.78, 5) is 11.4. The minimum Gasteiger partial charge on any atom is -0.497 e. The standard InChI is InChI=1S/C14H19N3O2S/c1-19-12-6-2-10(3-7-12)8-9-15-14(20)17-16-13(18)11-4-5-11/h2-3,6-7,11H,4-5,8-9H2,1H3,(H,16,18)(H2,15,17,20). The summed E-state index contributed by atoms with van der Waals surface area (Å²) >= 11 is 5.08. The molecule has 1 aliphatic carbocycles. The summed E-state index contributed by atoms with van der Waals surface area (Å²) in [5.74, 6) is 1.04. The molecule has 1 amide bonds. The fourth-order valence-electron chi connectivity index (χ4n) is 1.72. The van der Waals surface area contributed by atoms with Gasteiger partial charge in [0, 0.05) is 12.5 Å². The molecule has 0 atom stereocenters. The molecule has 0 radical (unpaired) electrons. The molecule has 20 heavy (non-hydrogen) atoms. The van der Waals surface area contributed by atoms with Gasteiger partial charge in [0.15, 0.2) is 5.11 Å². The quantitative estimate of drug-likeness (QED) is 0.561. The van der Waals surface area contributed by atoms with Crippen LogP contribution >= 0.6 is 12.2 Å². The van der Waals surface area contributed by atoms with E-state index >= 15 is 0 Å². The number of hydrogen-bond donors (Lipinski definition) is 3. The van der Waals surface area contributed by atoms with Crippen molar-refractivity contribution >= 4 is 23.2 Å². The third kappa shape index (κ3) is 4.70. The predicted octanol–water partition coefficient (Wildman–Crippen LogP) is 1.14. The highest BCUT2D eigenvalue weighted by Gasteiger charge is 2.29. The first-order valence-corrected chi connectivity index (χ1v) is 7.06. The number of ether oxygens (including phenoxy) is 1. The van der Waals surface area contributed by atoms with Crippen LogP contribution in [-0.4, -0.2) is 24.7 Å². The van der Waals surface area contributed by atoms with Crippen molar-refractivity contribution in [3.05, 3.63) is 29.8 Å². The summed E-state index contributed by atoms with van der Waals surface area (Å²) in [7, 11) is 1.65. The second kappa shape index (κ2) is 7.09. The Bertz CT molecular complexity index is 472. The minimum atomic E-state index is 0.0179. The molecular formula is C14H19N3O2S. The Morgan fingerprint density at radius 2 is 2.00 bits per heavy atom. The predicted molar refractivity (Wildman–Crippen MR) is 81.3 cm³/mol. The van der Waals surface area contributed by atoms with E-state index in [1.54, 1.807) is 7.11 Å². The number of nitrogens with one attached hydrogen (secondary N) is 3. The van der Waals surface area contributed by atoms with Crippen molar-refractivity contribution in [2.45, 2.75) is 19.3 Å². The molecule has 0 saturated heterocycles. The van der Waals surface area contributed by atoms with Crippen LogP contribution in [0.25, 0.3) is 0 Å². The average Bonchev–Trinajstić information content (AvgIpc) is 3.30. The number of thiocarbonyl (C=S) groups is 1. The zero-order valence-electron chi connectivity index (χ0n) is 11.4. The smallest absolute Gasteiger partial charge is 0.241 e. The first-order valence-electron chi connectivity index (χ1n) is 6.65. The number of carbonyl (C=O) groups is 1. The maximum atomic E-state index is 11.4. The summed E-state index contributed by atoms with van der Waals surface area (Å²) in [6, 6.07) is 7.90. The van der Waals surface area contributed by atoms with Gasteiger partial charge in [-0.3, -0.25) is 15.6 Å². The normalized spacial score (nSPS) is 13.4. The van der Waals surface area contributed by atoms with E-state index < -0.39 is 0 Å². The van der Waals surface area contributed by atoms with Crippen LogP contribution in [0.2, 0.25) is 0 Å². The van der Waals surface area contributed by atoms with E-state index in [4.69, 9.17) is 17.0 Å². The Morgan fingerprint density at radius 1 is 1.30 bits per heavy atom. The third-order valence-electron chi connectivity index (χ3n) is 3.11. The highest BCUT2D eigenvalue weighted by molar-refractivity contribution is 7.80. The molecule has 1 aromatic rings. The Balaban J connectivity index is 1.61. The molecule has 0 unspecified atom stereocenters. The van der Waals surface area contributed by atoms with Gasteiger partial charge in [-0.25, -0.2) is 0 Å². The fraction of sp³-hybridized carbons (Fsp3) is 0.429. The van der Waals surface area contributed by atoms with Gasteiger partial charge in [0.1, 0.15) is 5.75 Å². The Morgan fingerprint density at radius 3 is 2.60 bits per heavy atom. The summed E-state index contributed by atoms with van der Waals surface area (Å²) in [6.07, 6.45) is 2.80. The Kier molecular flexibility index (Phi) is 5.17. The number of carbonyl (C=O) groups excluding carboxylic acids is 1. The lowest BCUT2D eigenvalue weighted by molar-refractivity contribution is -0.122. The monoisotopic (exact) mass is 293 g/mol. The van der Waals surface area contributed by atoms with E-state index in [-0.39, 0.29) is 11.8 Å². The van der Waals surface area contributed by atoms with Crippen molar-refractivity contribution in [1.29, 1.82) is 0 Å². The molecule has 1 aromatic carbocycles. The van der Waals surface area contributed by atoms with Crippen LogP contribution in [0.4, 0.5) is 0 Å². The van der Waals surface area contributed by atoms with Crippen molar-refractivity contribution in [2.75, 3.05) is 13.7 Å². The van der Waals surface area contributed by atoms with Crippen LogP contribution in [0, 0.1) is 5.92 Å². The summed E-state index contributed by atoms with van der Waals surface area (Å²) < 4.78 is 5.10. The van der Waals surface area contributed by atoms with E-state index in [2.05, 4.69) is 16.2 Å². The molecular weight excluding hydrogens is 274 g/mol. The van der Waals surface area contributed by atoms with Crippen LogP contribution < -0.4 is 20.9 Å². The van der Waals surface area contributed by atoms with Crippen LogP contribution in [0.15, 0.2) is 24.3 Å². The van der Waals surface area contributed by atoms with Crippen LogP contribution in [0.5, 0.6) is 5.75 Å². The van der Waals surface area contributed by atoms with Gasteiger partial charge in [-0.15, -0.1) is 0 Å². The van der Waals surface area contributed by atoms with Gasteiger partial charge in [-0.2, -0.15) is 0 Å². The summed E-state index contributed by atoms with van der Waals surface area (Å²) in [5.41, 5.74) is 6.51. The number of hydrazine groups is 1. The lowest BCUT2D eigenvalue weighted by atomic mass is 10.1. The van der Waals surface area contributed by atoms with Gasteiger partial charge in [0.05, 0.1) is 7.11 Å². The van der Waals surface area contributed by atoms with E-state index in [1.807, 2.05) is 24.3 Å². The van der Waals surface area contributed by atoms with Gasteiger partial charge in [-0.05, 0) is 49.2 Å². The zero-order chi connectivity index (χ0) is 14.4. The number of rotatable bonds is 5. The van der Waals surface area contributed by atoms with Crippen molar-refractivity contribution in [3.8, 4) is 5.75 Å². The highest BCUT2D eigenvalue weighted by Crippen LogP contribution is 2.28. The number of amides is 1. The Labute approximate surface area is 124 Å². The molecule has 0 aliphatic heterocycles. The van der Waals surface area contributed by atoms with E-state index in [0.29, 0.717) is 11.7 Å². The Hall–Kier alpha value is -1.82. The third-order valence-corrected chi connectivity index (χ3v) is 3.35. The van der Waals surface area contributed by atoms with E-state index in [1.165, 1.54) is 5.56 Å². The summed E-state index contributed by atoms with van der Waals surface area (Å²) in [5, 5.41) is 3.49. The number of methoxy groups -OCH3 is 1. The van der Waals surface area contributed by atoms with Crippen molar-refractivity contribution in [2.24, 2.45) is 5.92 Å². The summed E-state index contributed by atoms with van der Waals surface area (Å²) in [6.45, 7) is 0.706. The largest absolute Gasteiger partial charge is 0.497 e. The van der Waals surface area contributed by atoms with Gasteiger partial charge in [-0.1, -0.05) is 12.1 Å². The molecule has 2 rings (SSSR count). The molecule has 0 spiro atoms. The van der Waals surface area contributed by atoms with E-state index in [0.717, 1.165) is 25.0 Å². The molecule has 0 heterocycles. The highest BCUT2D eigenvalue weighted by atomic mass is 32.1. The van der Waals surface area contributed by atoms with Gasteiger partial charge < -0.3 is 10.1 Å². The molecule has 0 bridgehead atoms. The molecule has 1 saturated carbocycles. The van der Waals surface area contributed by atoms with Crippen molar-refractivity contribution < 1.29 is 9.53 Å². The number of hydrogen-bond acceptors (Lipinski definition) is 3. The first-order chi connectivity index (χ1) is 9.69. The van der Waals surface area contributed by atoms with Crippen LogP contribution in [-0.2, 0) is 11.2 Å². The average molecular weight is 293 g/mol. The second-order valence-corrected chi connectivity index (χ2v) is 5.15. The molecule has 6 heteroatoms. The first kappa shape index (κ1) is 14.6. The molecule has 3 N–H and O–H groups in total. The fourth-order valence-corrected chi connectivity index (χ4v) is 1.88. The molecule has 108 valence electrons. The van der Waals surface area contributed by atoms with E-state index in [9.17, 15) is 4.79 Å². The SMILES string of the molecule is COc1ccc(CCNC(=S)NNC(=O)C2CC2)cc1. The van der Waals surface area contributed by atoms with Gasteiger partial charge >= 0.3 is 0 Å². The van der Waals surface area contributed by atoms with Crippen LogP contribution in [0.3, 0.4) is 0 Å². The molecule has 1 fully saturated rings. The maximum absolute atomic E-state index is 11.4. The van der Waals surface area contributed by atoms with Crippen molar-refractivity contribution in [1.82, 2.24) is 16.2 Å². The molecule has 0 aromatic heterocycles. The zero-order valence-corrected chi connectivity index (χ0v) is 12.3. The molecule has 1 aliphatic rings. The minimum absolute atomic E-state index is 0.0179. The van der Waals surface area contributed by atoms with Gasteiger partial charge in [0.2, 0.25) is 5.91 Å². The van der Waals surface area contributed by atoms with Crippen LogP contribution in [0.1, 0.15) is 18.4 Å². The second-order valence-electron chi connectivity index (χ2n) is 4.74. The lowest BCUT2D eigenvalue weighted by Gasteiger charge is -2.11.